The molecule has 1 rings (SSSR count). The highest BCUT2D eigenvalue weighted by molar-refractivity contribution is 6.74. The number of benzene rings is 1. The van der Waals surface area contributed by atoms with Gasteiger partial charge in [0.1, 0.15) is 0 Å². The molecule has 0 radical (unpaired) electrons. The second-order valence-corrected chi connectivity index (χ2v) is 2.86. The van der Waals surface area contributed by atoms with Crippen molar-refractivity contribution in [2.45, 2.75) is 13.8 Å². The maximum absolute atomic E-state index is 12.3. The maximum Gasteiger partial charge on any atom is 0.509 e. The Balaban J connectivity index is 3.26. The van der Waals surface area contributed by atoms with Crippen LogP contribution >= 0.6 is 0 Å². The van der Waals surface area contributed by atoms with Crippen LogP contribution in [0.1, 0.15) is 11.1 Å². The normalized spacial score (nSPS) is 11.8. The van der Waals surface area contributed by atoms with Crippen molar-refractivity contribution in [2.24, 2.45) is 0 Å². The molecule has 0 amide bonds. The molecule has 12 heavy (non-hydrogen) atoms. The Hall–Kier alpha value is -0.925. The lowest BCUT2D eigenvalue weighted by Gasteiger charge is -2.18. The Morgan fingerprint density at radius 3 is 2.08 bits per heavy atom. The summed E-state index contributed by atoms with van der Waals surface area (Å²) in [5.74, 6) is 0. The highest BCUT2D eigenvalue weighted by atomic mass is 19.4. The van der Waals surface area contributed by atoms with E-state index in [1.54, 1.807) is 13.0 Å². The smallest absolute Gasteiger partial charge is 0.445 e. The van der Waals surface area contributed by atoms with E-state index < -0.39 is 12.4 Å². The molecule has 0 spiro atoms. The van der Waals surface area contributed by atoms with E-state index >= 15 is 0 Å². The third-order valence-corrected chi connectivity index (χ3v) is 2.00. The third-order valence-electron chi connectivity index (χ3n) is 2.00. The van der Waals surface area contributed by atoms with Crippen LogP contribution in [0.4, 0.5) is 12.9 Å². The van der Waals surface area contributed by atoms with Crippen LogP contribution in [-0.4, -0.2) is 6.98 Å². The van der Waals surface area contributed by atoms with Gasteiger partial charge in [0.15, 0.2) is 0 Å². The van der Waals surface area contributed by atoms with E-state index in [0.717, 1.165) is 6.07 Å². The van der Waals surface area contributed by atoms with Crippen LogP contribution in [0.3, 0.4) is 0 Å². The topological polar surface area (TPSA) is 0 Å². The lowest BCUT2D eigenvalue weighted by atomic mass is 9.76. The first-order valence-corrected chi connectivity index (χ1v) is 3.69. The lowest BCUT2D eigenvalue weighted by Crippen LogP contribution is -2.36. The third kappa shape index (κ3) is 1.63. The molecule has 0 unspecified atom stereocenters. The van der Waals surface area contributed by atoms with Crippen molar-refractivity contribution < 1.29 is 12.9 Å². The summed E-state index contributed by atoms with van der Waals surface area (Å²) in [6.07, 6.45) is 0. The first kappa shape index (κ1) is 9.17. The summed E-state index contributed by atoms with van der Waals surface area (Å²) < 4.78 is 36.9. The van der Waals surface area contributed by atoms with Gasteiger partial charge in [-0.1, -0.05) is 29.3 Å². The van der Waals surface area contributed by atoms with Crippen LogP contribution in [-0.2, 0) is 0 Å². The first-order valence-electron chi connectivity index (χ1n) is 3.69. The molecular weight excluding hydrogens is 164 g/mol. The number of rotatable bonds is 1. The molecule has 0 atom stereocenters. The summed E-state index contributed by atoms with van der Waals surface area (Å²) in [7, 11) is 0. The van der Waals surface area contributed by atoms with Gasteiger partial charge in [0.2, 0.25) is 0 Å². The van der Waals surface area contributed by atoms with Crippen LogP contribution in [0.15, 0.2) is 18.2 Å². The zero-order valence-electron chi connectivity index (χ0n) is 6.94. The van der Waals surface area contributed by atoms with Crippen molar-refractivity contribution >= 4 is 12.4 Å². The molecule has 0 heterocycles. The molecule has 0 fully saturated rings. The van der Waals surface area contributed by atoms with Crippen LogP contribution in [0.5, 0.6) is 0 Å². The predicted octanol–water partition coefficient (Wildman–Crippen LogP) is 2.36. The van der Waals surface area contributed by atoms with Gasteiger partial charge in [-0.2, -0.15) is 0 Å². The molecule has 1 aromatic carbocycles. The average molecular weight is 173 g/mol. The van der Waals surface area contributed by atoms with Crippen molar-refractivity contribution in [3.05, 3.63) is 29.3 Å². The summed E-state index contributed by atoms with van der Waals surface area (Å²) in [6.45, 7) is -1.67. The molecule has 0 aliphatic heterocycles. The van der Waals surface area contributed by atoms with Gasteiger partial charge in [-0.05, 0) is 13.8 Å². The van der Waals surface area contributed by atoms with Crippen LogP contribution in [0.2, 0.25) is 0 Å². The number of hydrogen-bond acceptors (Lipinski definition) is 0. The monoisotopic (exact) mass is 173 g/mol. The van der Waals surface area contributed by atoms with Crippen LogP contribution < -0.4 is 5.46 Å². The quantitative estimate of drug-likeness (QED) is 0.571. The van der Waals surface area contributed by atoms with E-state index in [4.69, 9.17) is 0 Å². The Morgan fingerprint density at radius 2 is 1.67 bits per heavy atom. The molecule has 0 saturated carbocycles. The van der Waals surface area contributed by atoms with E-state index in [9.17, 15) is 12.9 Å². The molecule has 66 valence electrons. The molecule has 0 aliphatic carbocycles. The zero-order chi connectivity index (χ0) is 9.35. The molecule has 0 aromatic heterocycles. The number of hydrogen-bond donors (Lipinski definition) is 0. The number of halogens is 3. The number of aryl methyl sites for hydroxylation is 1. The SMILES string of the molecule is Cc1cccc([B-](F)(F)F)c1C. The van der Waals surface area contributed by atoms with Gasteiger partial charge in [-0.25, -0.2) is 0 Å². The molecule has 0 saturated heterocycles. The molecule has 4 heteroatoms. The van der Waals surface area contributed by atoms with Crippen molar-refractivity contribution in [1.82, 2.24) is 0 Å². The zero-order valence-corrected chi connectivity index (χ0v) is 6.94. The molecule has 0 N–H and O–H groups in total. The fourth-order valence-electron chi connectivity index (χ4n) is 1.13. The van der Waals surface area contributed by atoms with E-state index in [1.165, 1.54) is 13.0 Å². The van der Waals surface area contributed by atoms with E-state index in [1.807, 2.05) is 0 Å². The summed E-state index contributed by atoms with van der Waals surface area (Å²) in [5, 5.41) is 0. The van der Waals surface area contributed by atoms with E-state index in [0.29, 0.717) is 11.1 Å². The van der Waals surface area contributed by atoms with Gasteiger partial charge in [-0.3, -0.25) is 0 Å². The van der Waals surface area contributed by atoms with Crippen molar-refractivity contribution in [3.63, 3.8) is 0 Å². The Labute approximate surface area is 69.5 Å². The average Bonchev–Trinajstić information content (AvgIpc) is 1.92. The second-order valence-electron chi connectivity index (χ2n) is 2.86. The molecule has 0 nitrogen and oxygen atoms in total. The minimum absolute atomic E-state index is 0.338. The highest BCUT2D eigenvalue weighted by Gasteiger charge is 2.27. The van der Waals surface area contributed by atoms with Gasteiger partial charge in [-0.15, -0.1) is 5.46 Å². The van der Waals surface area contributed by atoms with Crippen molar-refractivity contribution in [3.8, 4) is 0 Å². The van der Waals surface area contributed by atoms with E-state index in [-0.39, 0.29) is 0 Å². The van der Waals surface area contributed by atoms with Crippen molar-refractivity contribution in [1.29, 1.82) is 0 Å². The Morgan fingerprint density at radius 1 is 1.08 bits per heavy atom. The molecule has 1 aromatic rings. The van der Waals surface area contributed by atoms with Gasteiger partial charge < -0.3 is 12.9 Å². The standard InChI is InChI=1S/C8H9BF3/c1-6-4-3-5-8(7(6)2)9(10,11)12/h3-5H,1-2H3/q-1. The predicted molar refractivity (Wildman–Crippen MR) is 44.6 cm³/mol. The highest BCUT2D eigenvalue weighted by Crippen LogP contribution is 2.13. The van der Waals surface area contributed by atoms with E-state index in [2.05, 4.69) is 0 Å². The summed E-state index contributed by atoms with van der Waals surface area (Å²) in [6, 6.07) is 4.25. The molecule has 0 bridgehead atoms. The lowest BCUT2D eigenvalue weighted by molar-refractivity contribution is 0.500. The first-order chi connectivity index (χ1) is 5.43. The van der Waals surface area contributed by atoms with Crippen LogP contribution in [0, 0.1) is 13.8 Å². The summed E-state index contributed by atoms with van der Waals surface area (Å²) >= 11 is 0. The van der Waals surface area contributed by atoms with Gasteiger partial charge in [0, 0.05) is 0 Å². The molecular formula is C8H9BF3-. The van der Waals surface area contributed by atoms with Crippen LogP contribution in [0.25, 0.3) is 0 Å². The largest absolute Gasteiger partial charge is 0.509 e. The molecule has 0 aliphatic rings. The van der Waals surface area contributed by atoms with Gasteiger partial charge >= 0.3 is 6.98 Å². The summed E-state index contributed by atoms with van der Waals surface area (Å²) in [5.41, 5.74) is 0.548. The minimum atomic E-state index is -4.85. The Kier molecular flexibility index (Phi) is 2.17. The van der Waals surface area contributed by atoms with Gasteiger partial charge in [0.25, 0.3) is 0 Å². The Bertz CT molecular complexity index is 291. The second kappa shape index (κ2) is 2.85. The summed E-state index contributed by atoms with van der Waals surface area (Å²) in [4.78, 5) is 0. The minimum Gasteiger partial charge on any atom is -0.445 e. The van der Waals surface area contributed by atoms with Crippen molar-refractivity contribution in [2.75, 3.05) is 0 Å². The maximum atomic E-state index is 12.3. The fourth-order valence-corrected chi connectivity index (χ4v) is 1.13. The fraction of sp³-hybridized carbons (Fsp3) is 0.250. The van der Waals surface area contributed by atoms with Gasteiger partial charge in [0.05, 0.1) is 0 Å².